The number of benzene rings is 1. The highest BCUT2D eigenvalue weighted by atomic mass is 16.5. The van der Waals surface area contributed by atoms with Crippen LogP contribution in [-0.4, -0.2) is 25.4 Å². The third-order valence-electron chi connectivity index (χ3n) is 3.28. The van der Waals surface area contributed by atoms with Crippen LogP contribution in [0.15, 0.2) is 18.2 Å². The fourth-order valence-electron chi connectivity index (χ4n) is 1.95. The van der Waals surface area contributed by atoms with Crippen LogP contribution in [-0.2, 0) is 6.54 Å². The first-order chi connectivity index (χ1) is 8.89. The number of hydrogen-bond acceptors (Lipinski definition) is 3. The molecule has 0 heterocycles. The van der Waals surface area contributed by atoms with Crippen molar-refractivity contribution >= 4 is 0 Å². The van der Waals surface area contributed by atoms with Crippen molar-refractivity contribution in [3.05, 3.63) is 29.3 Å². The Hall–Kier alpha value is -1.06. The van der Waals surface area contributed by atoms with Gasteiger partial charge in [0.1, 0.15) is 5.75 Å². The van der Waals surface area contributed by atoms with Crippen molar-refractivity contribution in [1.82, 2.24) is 5.32 Å². The first kappa shape index (κ1) is 16.0. The Balaban J connectivity index is 2.67. The number of methoxy groups -OCH3 is 1. The van der Waals surface area contributed by atoms with Crippen molar-refractivity contribution < 1.29 is 9.84 Å². The van der Waals surface area contributed by atoms with E-state index in [1.807, 2.05) is 19.9 Å². The molecule has 19 heavy (non-hydrogen) atoms. The molecule has 0 spiro atoms. The monoisotopic (exact) mass is 265 g/mol. The number of hydrogen-bond donors (Lipinski definition) is 2. The predicted octanol–water partition coefficient (Wildman–Crippen LogP) is 2.93. The van der Waals surface area contributed by atoms with Gasteiger partial charge in [0.05, 0.1) is 7.11 Å². The zero-order chi connectivity index (χ0) is 14.5. The summed E-state index contributed by atoms with van der Waals surface area (Å²) in [4.78, 5) is 0. The SMILES string of the molecule is COc1ccc(CNCC(C)(C)CO)cc1C(C)C. The quantitative estimate of drug-likeness (QED) is 0.796. The van der Waals surface area contributed by atoms with E-state index in [2.05, 4.69) is 31.3 Å². The summed E-state index contributed by atoms with van der Waals surface area (Å²) in [6.07, 6.45) is 0. The van der Waals surface area contributed by atoms with Crippen LogP contribution in [0.25, 0.3) is 0 Å². The molecule has 0 unspecified atom stereocenters. The molecule has 0 aromatic heterocycles. The van der Waals surface area contributed by atoms with Gasteiger partial charge in [0.15, 0.2) is 0 Å². The molecule has 0 amide bonds. The Morgan fingerprint density at radius 3 is 2.53 bits per heavy atom. The highest BCUT2D eigenvalue weighted by Gasteiger charge is 2.15. The number of nitrogens with one attached hydrogen (secondary N) is 1. The van der Waals surface area contributed by atoms with Gasteiger partial charge in [-0.25, -0.2) is 0 Å². The van der Waals surface area contributed by atoms with Crippen LogP contribution in [0.2, 0.25) is 0 Å². The number of ether oxygens (including phenoxy) is 1. The van der Waals surface area contributed by atoms with Gasteiger partial charge in [0.2, 0.25) is 0 Å². The zero-order valence-corrected chi connectivity index (χ0v) is 12.8. The Kier molecular flexibility index (Phi) is 5.83. The molecule has 0 aliphatic rings. The first-order valence-corrected chi connectivity index (χ1v) is 6.88. The van der Waals surface area contributed by atoms with Gasteiger partial charge < -0.3 is 15.2 Å². The Bertz CT molecular complexity index is 400. The summed E-state index contributed by atoms with van der Waals surface area (Å²) >= 11 is 0. The van der Waals surface area contributed by atoms with Crippen molar-refractivity contribution in [2.24, 2.45) is 5.41 Å². The lowest BCUT2D eigenvalue weighted by atomic mass is 9.94. The number of rotatable bonds is 7. The van der Waals surface area contributed by atoms with Crippen LogP contribution in [0.1, 0.15) is 44.7 Å². The summed E-state index contributed by atoms with van der Waals surface area (Å²) in [6.45, 7) is 10.2. The summed E-state index contributed by atoms with van der Waals surface area (Å²) in [5.74, 6) is 1.40. The van der Waals surface area contributed by atoms with Crippen LogP contribution >= 0.6 is 0 Å². The van der Waals surface area contributed by atoms with Gasteiger partial charge in [-0.2, -0.15) is 0 Å². The lowest BCUT2D eigenvalue weighted by Gasteiger charge is -2.22. The van der Waals surface area contributed by atoms with E-state index in [0.717, 1.165) is 18.8 Å². The Labute approximate surface area is 117 Å². The van der Waals surface area contributed by atoms with Crippen molar-refractivity contribution in [3.63, 3.8) is 0 Å². The van der Waals surface area contributed by atoms with E-state index < -0.39 is 0 Å². The van der Waals surface area contributed by atoms with Crippen molar-refractivity contribution in [2.45, 2.75) is 40.2 Å². The molecular formula is C16H27NO2. The minimum absolute atomic E-state index is 0.0760. The van der Waals surface area contributed by atoms with E-state index in [1.54, 1.807) is 7.11 Å². The van der Waals surface area contributed by atoms with Crippen LogP contribution < -0.4 is 10.1 Å². The first-order valence-electron chi connectivity index (χ1n) is 6.88. The molecule has 0 radical (unpaired) electrons. The second-order valence-electron chi connectivity index (χ2n) is 6.16. The fraction of sp³-hybridized carbons (Fsp3) is 0.625. The molecular weight excluding hydrogens is 238 g/mol. The second kappa shape index (κ2) is 6.92. The van der Waals surface area contributed by atoms with E-state index in [-0.39, 0.29) is 12.0 Å². The van der Waals surface area contributed by atoms with Gasteiger partial charge in [-0.3, -0.25) is 0 Å². The highest BCUT2D eigenvalue weighted by molar-refractivity contribution is 5.39. The summed E-state index contributed by atoms with van der Waals surface area (Å²) in [6, 6.07) is 6.32. The molecule has 0 bridgehead atoms. The molecule has 0 saturated carbocycles. The molecule has 3 nitrogen and oxygen atoms in total. The van der Waals surface area contributed by atoms with Gasteiger partial charge >= 0.3 is 0 Å². The van der Waals surface area contributed by atoms with Gasteiger partial charge in [0.25, 0.3) is 0 Å². The molecule has 3 heteroatoms. The number of aliphatic hydroxyl groups excluding tert-OH is 1. The standard InChI is InChI=1S/C16H27NO2/c1-12(2)14-8-13(6-7-15(14)19-5)9-17-10-16(3,4)11-18/h6-8,12,17-18H,9-11H2,1-5H3. The van der Waals surface area contributed by atoms with Crippen LogP contribution in [0.3, 0.4) is 0 Å². The Morgan fingerprint density at radius 2 is 2.00 bits per heavy atom. The second-order valence-corrected chi connectivity index (χ2v) is 6.16. The van der Waals surface area contributed by atoms with E-state index in [0.29, 0.717) is 5.92 Å². The molecule has 0 aliphatic heterocycles. The highest BCUT2D eigenvalue weighted by Crippen LogP contribution is 2.27. The summed E-state index contributed by atoms with van der Waals surface area (Å²) < 4.78 is 5.38. The maximum Gasteiger partial charge on any atom is 0.122 e. The average Bonchev–Trinajstić information content (AvgIpc) is 2.38. The van der Waals surface area contributed by atoms with Gasteiger partial charge in [-0.05, 0) is 23.1 Å². The van der Waals surface area contributed by atoms with E-state index in [1.165, 1.54) is 11.1 Å². The predicted molar refractivity (Wildman–Crippen MR) is 79.7 cm³/mol. The smallest absolute Gasteiger partial charge is 0.122 e. The topological polar surface area (TPSA) is 41.5 Å². The molecule has 1 aromatic carbocycles. The minimum Gasteiger partial charge on any atom is -0.496 e. The summed E-state index contributed by atoms with van der Waals surface area (Å²) in [7, 11) is 1.71. The summed E-state index contributed by atoms with van der Waals surface area (Å²) in [5, 5.41) is 12.6. The lowest BCUT2D eigenvalue weighted by molar-refractivity contribution is 0.156. The van der Waals surface area contributed by atoms with Gasteiger partial charge in [-0.15, -0.1) is 0 Å². The summed E-state index contributed by atoms with van der Waals surface area (Å²) in [5.41, 5.74) is 2.41. The minimum atomic E-state index is -0.0760. The normalized spacial score (nSPS) is 11.9. The maximum absolute atomic E-state index is 9.22. The van der Waals surface area contributed by atoms with Crippen LogP contribution in [0.5, 0.6) is 5.75 Å². The zero-order valence-electron chi connectivity index (χ0n) is 12.8. The molecule has 0 aliphatic carbocycles. The van der Waals surface area contributed by atoms with Gasteiger partial charge in [0, 0.05) is 25.1 Å². The van der Waals surface area contributed by atoms with Crippen molar-refractivity contribution in [1.29, 1.82) is 0 Å². The third kappa shape index (κ3) is 4.84. The van der Waals surface area contributed by atoms with Crippen LogP contribution in [0.4, 0.5) is 0 Å². The van der Waals surface area contributed by atoms with Crippen molar-refractivity contribution in [2.75, 3.05) is 20.3 Å². The van der Waals surface area contributed by atoms with E-state index in [9.17, 15) is 5.11 Å². The number of aliphatic hydroxyl groups is 1. The molecule has 1 aromatic rings. The molecule has 0 saturated heterocycles. The van der Waals surface area contributed by atoms with Crippen molar-refractivity contribution in [3.8, 4) is 5.75 Å². The molecule has 1 rings (SSSR count). The maximum atomic E-state index is 9.22. The fourth-order valence-corrected chi connectivity index (χ4v) is 1.95. The molecule has 0 fully saturated rings. The van der Waals surface area contributed by atoms with Crippen LogP contribution in [0, 0.1) is 5.41 Å². The lowest BCUT2D eigenvalue weighted by Crippen LogP contribution is -2.31. The van der Waals surface area contributed by atoms with Gasteiger partial charge in [-0.1, -0.05) is 39.8 Å². The van der Waals surface area contributed by atoms with E-state index in [4.69, 9.17) is 4.74 Å². The third-order valence-corrected chi connectivity index (χ3v) is 3.28. The molecule has 2 N–H and O–H groups in total. The van der Waals surface area contributed by atoms with E-state index >= 15 is 0 Å². The molecule has 0 atom stereocenters. The largest absolute Gasteiger partial charge is 0.496 e. The molecule has 108 valence electrons. The Morgan fingerprint density at radius 1 is 1.32 bits per heavy atom. The average molecular weight is 265 g/mol.